The van der Waals surface area contributed by atoms with Crippen molar-refractivity contribution in [2.24, 2.45) is 0 Å². The summed E-state index contributed by atoms with van der Waals surface area (Å²) in [6, 6.07) is 12.7. The fourth-order valence-electron chi connectivity index (χ4n) is 3.21. The Bertz CT molecular complexity index is 848. The SMILES string of the molecule is COc1ccc(NC(=O)COc2ccc(C(=S)N3CCCCC3)cc2OC)cc1. The lowest BCUT2D eigenvalue weighted by molar-refractivity contribution is -0.118. The number of carbonyl (C=O) groups excluding carboxylic acids is 1. The molecule has 154 valence electrons. The maximum atomic E-state index is 12.2. The molecule has 0 radical (unpaired) electrons. The number of thiocarbonyl (C=S) groups is 1. The van der Waals surface area contributed by atoms with Gasteiger partial charge in [0, 0.05) is 24.3 Å². The summed E-state index contributed by atoms with van der Waals surface area (Å²) in [5.74, 6) is 1.53. The van der Waals surface area contributed by atoms with Crippen molar-refractivity contribution in [1.29, 1.82) is 0 Å². The van der Waals surface area contributed by atoms with E-state index < -0.39 is 0 Å². The van der Waals surface area contributed by atoms with Crippen molar-refractivity contribution in [2.45, 2.75) is 19.3 Å². The Kier molecular flexibility index (Phi) is 7.30. The summed E-state index contributed by atoms with van der Waals surface area (Å²) in [6.45, 7) is 1.86. The number of amides is 1. The zero-order valence-electron chi connectivity index (χ0n) is 16.8. The van der Waals surface area contributed by atoms with E-state index in [-0.39, 0.29) is 12.5 Å². The molecule has 1 N–H and O–H groups in total. The van der Waals surface area contributed by atoms with E-state index >= 15 is 0 Å². The van der Waals surface area contributed by atoms with Gasteiger partial charge in [-0.2, -0.15) is 0 Å². The normalized spacial score (nSPS) is 13.5. The first-order valence-electron chi connectivity index (χ1n) is 9.64. The second kappa shape index (κ2) is 10.1. The van der Waals surface area contributed by atoms with Crippen LogP contribution >= 0.6 is 12.2 Å². The molecule has 1 aliphatic rings. The molecule has 2 aromatic rings. The molecule has 29 heavy (non-hydrogen) atoms. The number of nitrogens with one attached hydrogen (secondary N) is 1. The van der Waals surface area contributed by atoms with E-state index in [0.29, 0.717) is 17.2 Å². The van der Waals surface area contributed by atoms with Crippen molar-refractivity contribution >= 4 is 28.8 Å². The van der Waals surface area contributed by atoms with Gasteiger partial charge < -0.3 is 24.4 Å². The first kappa shape index (κ1) is 20.9. The summed E-state index contributed by atoms with van der Waals surface area (Å²) in [7, 11) is 3.17. The predicted molar refractivity (Wildman–Crippen MR) is 117 cm³/mol. The Morgan fingerprint density at radius 1 is 1.00 bits per heavy atom. The molecule has 0 aliphatic carbocycles. The number of hydrogen-bond donors (Lipinski definition) is 1. The van der Waals surface area contributed by atoms with E-state index in [1.807, 2.05) is 12.1 Å². The predicted octanol–water partition coefficient (Wildman–Crippen LogP) is 3.88. The Labute approximate surface area is 176 Å². The first-order valence-corrected chi connectivity index (χ1v) is 10.1. The van der Waals surface area contributed by atoms with E-state index in [0.717, 1.165) is 29.4 Å². The lowest BCUT2D eigenvalue weighted by Crippen LogP contribution is -2.34. The van der Waals surface area contributed by atoms with Gasteiger partial charge >= 0.3 is 0 Å². The monoisotopic (exact) mass is 414 g/mol. The van der Waals surface area contributed by atoms with Crippen LogP contribution in [0.3, 0.4) is 0 Å². The molecule has 0 unspecified atom stereocenters. The fraction of sp³-hybridized carbons (Fsp3) is 0.364. The number of methoxy groups -OCH3 is 2. The molecule has 1 fully saturated rings. The third-order valence-corrected chi connectivity index (χ3v) is 5.28. The molecule has 0 bridgehead atoms. The van der Waals surface area contributed by atoms with Gasteiger partial charge in [-0.05, 0) is 61.7 Å². The van der Waals surface area contributed by atoms with Gasteiger partial charge in [0.15, 0.2) is 18.1 Å². The van der Waals surface area contributed by atoms with Crippen molar-refractivity contribution in [3.63, 3.8) is 0 Å². The average molecular weight is 415 g/mol. The largest absolute Gasteiger partial charge is 0.497 e. The number of piperidine rings is 1. The third-order valence-electron chi connectivity index (χ3n) is 4.79. The van der Waals surface area contributed by atoms with Crippen LogP contribution in [0.1, 0.15) is 24.8 Å². The minimum absolute atomic E-state index is 0.127. The number of benzene rings is 2. The quantitative estimate of drug-likeness (QED) is 0.694. The van der Waals surface area contributed by atoms with Gasteiger partial charge in [-0.25, -0.2) is 0 Å². The lowest BCUT2D eigenvalue weighted by Gasteiger charge is -2.29. The molecule has 2 aromatic carbocycles. The highest BCUT2D eigenvalue weighted by Gasteiger charge is 2.17. The van der Waals surface area contributed by atoms with E-state index in [4.69, 9.17) is 26.4 Å². The summed E-state index contributed by atoms with van der Waals surface area (Å²) in [4.78, 5) is 15.2. The van der Waals surface area contributed by atoms with E-state index in [1.54, 1.807) is 44.6 Å². The molecule has 0 atom stereocenters. The van der Waals surface area contributed by atoms with Crippen LogP contribution in [0.15, 0.2) is 42.5 Å². The van der Waals surface area contributed by atoms with E-state index in [2.05, 4.69) is 10.2 Å². The zero-order chi connectivity index (χ0) is 20.6. The number of nitrogens with zero attached hydrogens (tertiary/aromatic N) is 1. The Morgan fingerprint density at radius 2 is 1.72 bits per heavy atom. The highest BCUT2D eigenvalue weighted by Crippen LogP contribution is 2.29. The number of likely N-dealkylation sites (tertiary alicyclic amines) is 1. The van der Waals surface area contributed by atoms with E-state index in [9.17, 15) is 4.79 Å². The van der Waals surface area contributed by atoms with Crippen LogP contribution < -0.4 is 19.5 Å². The molecule has 1 amide bonds. The van der Waals surface area contributed by atoms with Gasteiger partial charge in [-0.15, -0.1) is 0 Å². The molecular formula is C22H26N2O4S. The molecule has 1 heterocycles. The molecule has 6 nitrogen and oxygen atoms in total. The maximum Gasteiger partial charge on any atom is 0.262 e. The van der Waals surface area contributed by atoms with Crippen molar-refractivity contribution in [3.05, 3.63) is 48.0 Å². The van der Waals surface area contributed by atoms with Gasteiger partial charge in [0.25, 0.3) is 5.91 Å². The van der Waals surface area contributed by atoms with Crippen molar-refractivity contribution in [3.8, 4) is 17.2 Å². The third kappa shape index (κ3) is 5.60. The number of rotatable bonds is 7. The van der Waals surface area contributed by atoms with E-state index in [1.165, 1.54) is 19.3 Å². The molecule has 0 spiro atoms. The summed E-state index contributed by atoms with van der Waals surface area (Å²) >= 11 is 5.64. The molecular weight excluding hydrogens is 388 g/mol. The average Bonchev–Trinajstić information content (AvgIpc) is 2.78. The van der Waals surface area contributed by atoms with Crippen LogP contribution in [0.25, 0.3) is 0 Å². The van der Waals surface area contributed by atoms with Gasteiger partial charge in [-0.3, -0.25) is 4.79 Å². The molecule has 1 saturated heterocycles. The minimum Gasteiger partial charge on any atom is -0.497 e. The molecule has 1 aliphatic heterocycles. The van der Waals surface area contributed by atoms with Gasteiger partial charge in [-0.1, -0.05) is 12.2 Å². The Hall–Kier alpha value is -2.80. The molecule has 0 aromatic heterocycles. The number of carbonyl (C=O) groups is 1. The lowest BCUT2D eigenvalue weighted by atomic mass is 10.1. The smallest absolute Gasteiger partial charge is 0.262 e. The summed E-state index contributed by atoms with van der Waals surface area (Å²) in [5.41, 5.74) is 1.60. The fourth-order valence-corrected chi connectivity index (χ4v) is 3.52. The standard InChI is InChI=1S/C22H26N2O4S/c1-26-18-9-7-17(8-10-18)23-21(25)15-28-19-11-6-16(14-20(19)27-2)22(29)24-12-4-3-5-13-24/h6-11,14H,3-5,12-13,15H2,1-2H3,(H,23,25). The minimum atomic E-state index is -0.259. The van der Waals surface area contributed by atoms with Crippen LogP contribution in [-0.2, 0) is 4.79 Å². The Balaban J connectivity index is 1.59. The van der Waals surface area contributed by atoms with Crippen molar-refractivity contribution in [2.75, 3.05) is 39.2 Å². The topological polar surface area (TPSA) is 60.0 Å². The highest BCUT2D eigenvalue weighted by atomic mass is 32.1. The number of anilines is 1. The second-order valence-corrected chi connectivity index (χ2v) is 7.17. The second-order valence-electron chi connectivity index (χ2n) is 6.78. The van der Waals surface area contributed by atoms with Crippen LogP contribution in [0.4, 0.5) is 5.69 Å². The van der Waals surface area contributed by atoms with Crippen molar-refractivity contribution < 1.29 is 19.0 Å². The highest BCUT2D eigenvalue weighted by molar-refractivity contribution is 7.80. The molecule has 0 saturated carbocycles. The molecule has 3 rings (SSSR count). The van der Waals surface area contributed by atoms with Crippen LogP contribution in [0, 0.1) is 0 Å². The summed E-state index contributed by atoms with van der Waals surface area (Å²) in [6.07, 6.45) is 3.59. The summed E-state index contributed by atoms with van der Waals surface area (Å²) in [5, 5.41) is 2.79. The Morgan fingerprint density at radius 3 is 2.38 bits per heavy atom. The zero-order valence-corrected chi connectivity index (χ0v) is 17.6. The number of ether oxygens (including phenoxy) is 3. The van der Waals surface area contributed by atoms with Crippen LogP contribution in [0.2, 0.25) is 0 Å². The number of hydrogen-bond acceptors (Lipinski definition) is 5. The van der Waals surface area contributed by atoms with Gasteiger partial charge in [0.1, 0.15) is 10.7 Å². The molecule has 7 heteroatoms. The van der Waals surface area contributed by atoms with Gasteiger partial charge in [0.2, 0.25) is 0 Å². The maximum absolute atomic E-state index is 12.2. The van der Waals surface area contributed by atoms with Crippen LogP contribution in [-0.4, -0.2) is 49.7 Å². The summed E-state index contributed by atoms with van der Waals surface area (Å²) < 4.78 is 16.2. The van der Waals surface area contributed by atoms with Crippen molar-refractivity contribution in [1.82, 2.24) is 4.90 Å². The first-order chi connectivity index (χ1) is 14.1. The van der Waals surface area contributed by atoms with Gasteiger partial charge in [0.05, 0.1) is 14.2 Å². The van der Waals surface area contributed by atoms with Crippen LogP contribution in [0.5, 0.6) is 17.2 Å².